The molecule has 28 heavy (non-hydrogen) atoms. The minimum Gasteiger partial charge on any atom is -0.385 e. The number of amides is 3. The molecule has 1 aromatic heterocycles. The van der Waals surface area contributed by atoms with E-state index in [9.17, 15) is 9.59 Å². The smallest absolute Gasteiger partial charge is 0.317 e. The van der Waals surface area contributed by atoms with Crippen LogP contribution in [0.4, 0.5) is 4.79 Å². The highest BCUT2D eigenvalue weighted by molar-refractivity contribution is 5.78. The second-order valence-corrected chi connectivity index (χ2v) is 7.44. The van der Waals surface area contributed by atoms with Crippen LogP contribution in [0.25, 0.3) is 0 Å². The maximum absolute atomic E-state index is 12.4. The third-order valence-electron chi connectivity index (χ3n) is 4.82. The predicted molar refractivity (Wildman–Crippen MR) is 104 cm³/mol. The topological polar surface area (TPSA) is 110 Å². The van der Waals surface area contributed by atoms with E-state index in [-0.39, 0.29) is 23.8 Å². The molecular formula is C19H33N5O4. The molecule has 0 bridgehead atoms. The van der Waals surface area contributed by atoms with Gasteiger partial charge in [0.1, 0.15) is 0 Å². The molecule has 2 rings (SSSR count). The van der Waals surface area contributed by atoms with E-state index >= 15 is 0 Å². The summed E-state index contributed by atoms with van der Waals surface area (Å²) in [5.74, 6) is 1.55. The Morgan fingerprint density at radius 1 is 1.39 bits per heavy atom. The van der Waals surface area contributed by atoms with Crippen molar-refractivity contribution in [3.8, 4) is 0 Å². The fourth-order valence-electron chi connectivity index (χ4n) is 3.12. The number of carbonyl (C=O) groups is 2. The first-order chi connectivity index (χ1) is 13.5. The highest BCUT2D eigenvalue weighted by Gasteiger charge is 2.22. The van der Waals surface area contributed by atoms with E-state index in [1.54, 1.807) is 12.0 Å². The van der Waals surface area contributed by atoms with E-state index in [1.165, 1.54) is 0 Å². The van der Waals surface area contributed by atoms with Crippen LogP contribution in [0.3, 0.4) is 0 Å². The van der Waals surface area contributed by atoms with Gasteiger partial charge in [0.05, 0.1) is 0 Å². The van der Waals surface area contributed by atoms with Crippen molar-refractivity contribution in [1.29, 1.82) is 0 Å². The largest absolute Gasteiger partial charge is 0.385 e. The lowest BCUT2D eigenvalue weighted by Gasteiger charge is -2.23. The van der Waals surface area contributed by atoms with Crippen molar-refractivity contribution in [2.75, 3.05) is 39.9 Å². The lowest BCUT2D eigenvalue weighted by atomic mass is 9.99. The van der Waals surface area contributed by atoms with Crippen LogP contribution in [-0.4, -0.2) is 66.9 Å². The first kappa shape index (κ1) is 22.1. The number of nitrogens with one attached hydrogen (secondary N) is 2. The Morgan fingerprint density at radius 2 is 2.21 bits per heavy atom. The maximum Gasteiger partial charge on any atom is 0.317 e. The van der Waals surface area contributed by atoms with Crippen molar-refractivity contribution in [3.63, 3.8) is 0 Å². The Balaban J connectivity index is 1.96. The van der Waals surface area contributed by atoms with Gasteiger partial charge in [0, 0.05) is 58.2 Å². The van der Waals surface area contributed by atoms with Crippen molar-refractivity contribution in [1.82, 2.24) is 25.7 Å². The average molecular weight is 396 g/mol. The first-order valence-corrected chi connectivity index (χ1v) is 10.1. The summed E-state index contributed by atoms with van der Waals surface area (Å²) < 4.78 is 10.5. The van der Waals surface area contributed by atoms with E-state index in [2.05, 4.69) is 20.8 Å². The minimum absolute atomic E-state index is 0.0498. The van der Waals surface area contributed by atoms with Crippen molar-refractivity contribution in [2.45, 2.75) is 57.8 Å². The van der Waals surface area contributed by atoms with Crippen LogP contribution in [0, 0.1) is 0 Å². The number of rotatable bonds is 6. The van der Waals surface area contributed by atoms with Gasteiger partial charge < -0.3 is 24.8 Å². The highest BCUT2D eigenvalue weighted by atomic mass is 16.5. The van der Waals surface area contributed by atoms with Crippen LogP contribution < -0.4 is 10.6 Å². The predicted octanol–water partition coefficient (Wildman–Crippen LogP) is 2.01. The monoisotopic (exact) mass is 395 g/mol. The summed E-state index contributed by atoms with van der Waals surface area (Å²) in [5, 5.41) is 9.87. The van der Waals surface area contributed by atoms with Crippen LogP contribution in [0.2, 0.25) is 0 Å². The summed E-state index contributed by atoms with van der Waals surface area (Å²) in [6.45, 7) is 6.76. The molecule has 0 aliphatic carbocycles. The number of ether oxygens (including phenoxy) is 1. The van der Waals surface area contributed by atoms with E-state index in [4.69, 9.17) is 9.26 Å². The second kappa shape index (κ2) is 11.6. The molecule has 0 aromatic carbocycles. The number of urea groups is 1. The van der Waals surface area contributed by atoms with Gasteiger partial charge in [-0.25, -0.2) is 4.79 Å². The Morgan fingerprint density at radius 3 is 2.93 bits per heavy atom. The first-order valence-electron chi connectivity index (χ1n) is 10.1. The van der Waals surface area contributed by atoms with Crippen LogP contribution in [-0.2, 0) is 9.53 Å². The van der Waals surface area contributed by atoms with Gasteiger partial charge in [0.15, 0.2) is 5.82 Å². The molecule has 1 atom stereocenters. The Hall–Kier alpha value is -2.16. The molecule has 3 amide bonds. The SMILES string of the molecule is COCCCNC(=O)N1CCCC(c2nc(C(C)C)no2)CCNC(=O)CC1. The highest BCUT2D eigenvalue weighted by Crippen LogP contribution is 2.25. The Kier molecular flexibility index (Phi) is 9.19. The molecule has 0 saturated carbocycles. The zero-order valence-electron chi connectivity index (χ0n) is 17.2. The third kappa shape index (κ3) is 7.10. The Bertz CT molecular complexity index is 619. The zero-order valence-corrected chi connectivity index (χ0v) is 17.2. The standard InChI is InChI=1S/C19H33N5O4/c1-14(2)17-22-18(28-23-17)15-6-4-11-24(12-8-16(25)20-10-7-15)19(26)21-9-5-13-27-3/h14-15H,4-13H2,1-3H3,(H,20,25)(H,21,26). The number of hydrogen-bond acceptors (Lipinski definition) is 6. The fourth-order valence-corrected chi connectivity index (χ4v) is 3.12. The normalized spacial score (nSPS) is 19.2. The molecule has 1 aliphatic rings. The van der Waals surface area contributed by atoms with Crippen LogP contribution in [0.5, 0.6) is 0 Å². The van der Waals surface area contributed by atoms with Crippen molar-refractivity contribution in [3.05, 3.63) is 11.7 Å². The molecule has 9 nitrogen and oxygen atoms in total. The summed E-state index contributed by atoms with van der Waals surface area (Å²) in [7, 11) is 1.64. The zero-order chi connectivity index (χ0) is 20.4. The summed E-state index contributed by atoms with van der Waals surface area (Å²) in [6, 6.07) is -0.139. The van der Waals surface area contributed by atoms with Crippen molar-refractivity contribution < 1.29 is 18.8 Å². The Labute approximate surface area is 166 Å². The van der Waals surface area contributed by atoms with Gasteiger partial charge in [0.2, 0.25) is 11.8 Å². The molecule has 158 valence electrons. The molecule has 2 heterocycles. The van der Waals surface area contributed by atoms with Crippen LogP contribution >= 0.6 is 0 Å². The molecule has 1 aromatic rings. The minimum atomic E-state index is -0.139. The van der Waals surface area contributed by atoms with E-state index in [1.807, 2.05) is 13.8 Å². The van der Waals surface area contributed by atoms with Gasteiger partial charge in [-0.05, 0) is 25.7 Å². The number of nitrogens with zero attached hydrogens (tertiary/aromatic N) is 3. The lowest BCUT2D eigenvalue weighted by molar-refractivity contribution is -0.121. The fraction of sp³-hybridized carbons (Fsp3) is 0.789. The average Bonchev–Trinajstić information content (AvgIpc) is 3.15. The second-order valence-electron chi connectivity index (χ2n) is 7.44. The number of aromatic nitrogens is 2. The molecule has 1 unspecified atom stereocenters. The van der Waals surface area contributed by atoms with Gasteiger partial charge in [-0.3, -0.25) is 4.79 Å². The molecule has 1 saturated heterocycles. The molecule has 2 N–H and O–H groups in total. The summed E-state index contributed by atoms with van der Waals surface area (Å²) in [6.07, 6.45) is 3.43. The van der Waals surface area contributed by atoms with Gasteiger partial charge in [-0.2, -0.15) is 4.98 Å². The van der Waals surface area contributed by atoms with Crippen molar-refractivity contribution in [2.24, 2.45) is 0 Å². The number of hydrogen-bond donors (Lipinski definition) is 2. The van der Waals surface area contributed by atoms with Crippen LogP contribution in [0.1, 0.15) is 69.5 Å². The summed E-state index contributed by atoms with van der Waals surface area (Å²) in [5.41, 5.74) is 0. The van der Waals surface area contributed by atoms with E-state index in [0.29, 0.717) is 50.9 Å². The quantitative estimate of drug-likeness (QED) is 0.713. The van der Waals surface area contributed by atoms with Gasteiger partial charge in [0.25, 0.3) is 0 Å². The van der Waals surface area contributed by atoms with Gasteiger partial charge >= 0.3 is 6.03 Å². The van der Waals surface area contributed by atoms with Gasteiger partial charge in [-0.1, -0.05) is 19.0 Å². The molecule has 9 heteroatoms. The molecular weight excluding hydrogens is 362 g/mol. The third-order valence-corrected chi connectivity index (χ3v) is 4.82. The van der Waals surface area contributed by atoms with Crippen molar-refractivity contribution >= 4 is 11.9 Å². The molecule has 0 radical (unpaired) electrons. The number of carbonyl (C=O) groups excluding carboxylic acids is 2. The molecule has 1 fully saturated rings. The number of methoxy groups -OCH3 is 1. The van der Waals surface area contributed by atoms with Crippen LogP contribution in [0.15, 0.2) is 4.52 Å². The maximum atomic E-state index is 12.4. The lowest BCUT2D eigenvalue weighted by Crippen LogP contribution is -2.42. The summed E-state index contributed by atoms with van der Waals surface area (Å²) >= 11 is 0. The van der Waals surface area contributed by atoms with Gasteiger partial charge in [-0.15, -0.1) is 0 Å². The molecule has 1 aliphatic heterocycles. The van der Waals surface area contributed by atoms with E-state index in [0.717, 1.165) is 25.7 Å². The summed E-state index contributed by atoms with van der Waals surface area (Å²) in [4.78, 5) is 30.8. The van der Waals surface area contributed by atoms with E-state index < -0.39 is 0 Å². The molecule has 0 spiro atoms.